The monoisotopic (exact) mass is 247 g/mol. The van der Waals surface area contributed by atoms with Gasteiger partial charge in [-0.1, -0.05) is 5.16 Å². The summed E-state index contributed by atoms with van der Waals surface area (Å²) in [7, 11) is 0. The molecule has 0 aliphatic heterocycles. The van der Waals surface area contributed by atoms with E-state index in [1.165, 1.54) is 0 Å². The lowest BCUT2D eigenvalue weighted by Crippen LogP contribution is -2.24. The molecule has 2 aromatic heterocycles. The number of anilines is 3. The van der Waals surface area contributed by atoms with E-state index in [0.29, 0.717) is 17.6 Å². The van der Waals surface area contributed by atoms with E-state index >= 15 is 0 Å². The van der Waals surface area contributed by atoms with Crippen LogP contribution in [0.2, 0.25) is 0 Å². The van der Waals surface area contributed by atoms with Crippen LogP contribution in [0.4, 0.5) is 17.6 Å². The molecule has 0 aromatic carbocycles. The maximum absolute atomic E-state index is 4.99. The molecule has 6 heteroatoms. The van der Waals surface area contributed by atoms with Crippen molar-refractivity contribution in [2.24, 2.45) is 0 Å². The van der Waals surface area contributed by atoms with Gasteiger partial charge in [-0.2, -0.15) is 4.98 Å². The Kier molecular flexibility index (Phi) is 3.76. The zero-order chi connectivity index (χ0) is 13.0. The van der Waals surface area contributed by atoms with Gasteiger partial charge in [0.2, 0.25) is 5.95 Å². The summed E-state index contributed by atoms with van der Waals surface area (Å²) in [6.07, 6.45) is 1.73. The van der Waals surface area contributed by atoms with E-state index in [1.807, 2.05) is 13.0 Å². The first-order chi connectivity index (χ1) is 8.72. The number of aryl methyl sites for hydroxylation is 1. The predicted molar refractivity (Wildman–Crippen MR) is 70.1 cm³/mol. The van der Waals surface area contributed by atoms with Crippen LogP contribution in [0.1, 0.15) is 19.6 Å². The van der Waals surface area contributed by atoms with E-state index in [2.05, 4.69) is 39.2 Å². The normalized spacial score (nSPS) is 10.4. The van der Waals surface area contributed by atoms with Gasteiger partial charge in [0.05, 0.1) is 0 Å². The lowest BCUT2D eigenvalue weighted by Gasteiger charge is -2.18. The van der Waals surface area contributed by atoms with E-state index in [-0.39, 0.29) is 0 Å². The molecule has 0 radical (unpaired) electrons. The average Bonchev–Trinajstić information content (AvgIpc) is 2.77. The molecular weight excluding hydrogens is 230 g/mol. The Labute approximate surface area is 106 Å². The third-order valence-electron chi connectivity index (χ3n) is 2.57. The van der Waals surface area contributed by atoms with E-state index in [1.54, 1.807) is 12.3 Å². The molecule has 0 aliphatic rings. The first-order valence-corrected chi connectivity index (χ1v) is 6.01. The van der Waals surface area contributed by atoms with Gasteiger partial charge in [0.1, 0.15) is 11.6 Å². The Morgan fingerprint density at radius 3 is 2.67 bits per heavy atom. The average molecular weight is 247 g/mol. The zero-order valence-electron chi connectivity index (χ0n) is 10.8. The Morgan fingerprint density at radius 1 is 1.28 bits per heavy atom. The SMILES string of the molecule is CCN(CC)c1nccc(Nc2cc(C)on2)n1. The number of rotatable bonds is 5. The fourth-order valence-corrected chi connectivity index (χ4v) is 1.63. The molecule has 2 rings (SSSR count). The van der Waals surface area contributed by atoms with Crippen molar-refractivity contribution >= 4 is 17.6 Å². The van der Waals surface area contributed by atoms with Crippen molar-refractivity contribution in [1.82, 2.24) is 15.1 Å². The minimum absolute atomic E-state index is 0.650. The van der Waals surface area contributed by atoms with Crippen LogP contribution in [0.5, 0.6) is 0 Å². The van der Waals surface area contributed by atoms with Crippen LogP contribution in [0.25, 0.3) is 0 Å². The Balaban J connectivity index is 2.16. The van der Waals surface area contributed by atoms with Gasteiger partial charge in [-0.05, 0) is 26.8 Å². The van der Waals surface area contributed by atoms with Gasteiger partial charge in [-0.3, -0.25) is 0 Å². The molecule has 2 aromatic rings. The van der Waals surface area contributed by atoms with Crippen molar-refractivity contribution in [3.63, 3.8) is 0 Å². The third-order valence-corrected chi connectivity index (χ3v) is 2.57. The molecule has 6 nitrogen and oxygen atoms in total. The van der Waals surface area contributed by atoms with Crippen molar-refractivity contribution in [2.45, 2.75) is 20.8 Å². The second kappa shape index (κ2) is 5.48. The van der Waals surface area contributed by atoms with Crippen molar-refractivity contribution in [2.75, 3.05) is 23.3 Å². The van der Waals surface area contributed by atoms with Crippen molar-refractivity contribution < 1.29 is 4.52 Å². The Bertz CT molecular complexity index is 507. The summed E-state index contributed by atoms with van der Waals surface area (Å²) < 4.78 is 4.99. The fraction of sp³-hybridized carbons (Fsp3) is 0.417. The van der Waals surface area contributed by atoms with Crippen molar-refractivity contribution in [3.8, 4) is 0 Å². The van der Waals surface area contributed by atoms with Crippen molar-refractivity contribution in [3.05, 3.63) is 24.1 Å². The van der Waals surface area contributed by atoms with Crippen molar-refractivity contribution in [1.29, 1.82) is 0 Å². The minimum Gasteiger partial charge on any atom is -0.360 e. The summed E-state index contributed by atoms with van der Waals surface area (Å²) in [4.78, 5) is 10.8. The van der Waals surface area contributed by atoms with Crippen LogP contribution in [0, 0.1) is 6.92 Å². The number of hydrogen-bond donors (Lipinski definition) is 1. The van der Waals surface area contributed by atoms with Gasteiger partial charge >= 0.3 is 0 Å². The number of aromatic nitrogens is 3. The predicted octanol–water partition coefficient (Wildman–Crippen LogP) is 2.36. The molecule has 0 aliphatic carbocycles. The molecule has 0 amide bonds. The lowest BCUT2D eigenvalue weighted by molar-refractivity contribution is 0.400. The molecule has 2 heterocycles. The maximum Gasteiger partial charge on any atom is 0.227 e. The van der Waals surface area contributed by atoms with Gasteiger partial charge in [-0.15, -0.1) is 0 Å². The molecule has 96 valence electrons. The molecule has 1 N–H and O–H groups in total. The van der Waals surface area contributed by atoms with E-state index in [4.69, 9.17) is 4.52 Å². The van der Waals surface area contributed by atoms with Crippen LogP contribution in [-0.4, -0.2) is 28.2 Å². The van der Waals surface area contributed by atoms with Gasteiger partial charge in [0.25, 0.3) is 0 Å². The van der Waals surface area contributed by atoms with Crippen LogP contribution < -0.4 is 10.2 Å². The molecule has 0 bridgehead atoms. The van der Waals surface area contributed by atoms with Crippen LogP contribution in [0.3, 0.4) is 0 Å². The highest BCUT2D eigenvalue weighted by Gasteiger charge is 2.07. The topological polar surface area (TPSA) is 67.1 Å². The fourth-order valence-electron chi connectivity index (χ4n) is 1.63. The van der Waals surface area contributed by atoms with Gasteiger partial charge in [-0.25, -0.2) is 4.98 Å². The molecule has 0 spiro atoms. The lowest BCUT2D eigenvalue weighted by atomic mass is 10.4. The largest absolute Gasteiger partial charge is 0.360 e. The summed E-state index contributed by atoms with van der Waals surface area (Å²) in [6, 6.07) is 3.62. The first kappa shape index (κ1) is 12.3. The highest BCUT2D eigenvalue weighted by molar-refractivity contribution is 5.52. The first-order valence-electron chi connectivity index (χ1n) is 6.01. The Hall–Kier alpha value is -2.11. The highest BCUT2D eigenvalue weighted by atomic mass is 16.5. The van der Waals surface area contributed by atoms with E-state index in [0.717, 1.165) is 18.8 Å². The summed E-state index contributed by atoms with van der Waals surface area (Å²) in [5, 5.41) is 6.95. The summed E-state index contributed by atoms with van der Waals surface area (Å²) in [6.45, 7) is 7.76. The molecular formula is C12H17N5O. The highest BCUT2D eigenvalue weighted by Crippen LogP contribution is 2.16. The van der Waals surface area contributed by atoms with Crippen LogP contribution in [0.15, 0.2) is 22.9 Å². The summed E-state index contributed by atoms with van der Waals surface area (Å²) in [5.74, 6) is 2.83. The summed E-state index contributed by atoms with van der Waals surface area (Å²) >= 11 is 0. The summed E-state index contributed by atoms with van der Waals surface area (Å²) in [5.41, 5.74) is 0. The smallest absolute Gasteiger partial charge is 0.227 e. The van der Waals surface area contributed by atoms with Crippen LogP contribution >= 0.6 is 0 Å². The molecule has 0 atom stereocenters. The number of hydrogen-bond acceptors (Lipinski definition) is 6. The molecule has 18 heavy (non-hydrogen) atoms. The van der Waals surface area contributed by atoms with Gasteiger partial charge < -0.3 is 14.7 Å². The third kappa shape index (κ3) is 2.77. The second-order valence-electron chi connectivity index (χ2n) is 3.86. The number of nitrogens with one attached hydrogen (secondary N) is 1. The molecule has 0 saturated carbocycles. The molecule has 0 saturated heterocycles. The Morgan fingerprint density at radius 2 is 2.06 bits per heavy atom. The standard InChI is InChI=1S/C12H17N5O/c1-4-17(5-2)12-13-7-6-10(15-12)14-11-8-9(3)18-16-11/h6-8H,4-5H2,1-3H3,(H,13,14,15,16). The van der Waals surface area contributed by atoms with E-state index < -0.39 is 0 Å². The van der Waals surface area contributed by atoms with E-state index in [9.17, 15) is 0 Å². The second-order valence-corrected chi connectivity index (χ2v) is 3.86. The van der Waals surface area contributed by atoms with Gasteiger partial charge in [0.15, 0.2) is 5.82 Å². The minimum atomic E-state index is 0.650. The quantitative estimate of drug-likeness (QED) is 0.874. The van der Waals surface area contributed by atoms with Gasteiger partial charge in [0, 0.05) is 25.4 Å². The maximum atomic E-state index is 4.99. The van der Waals surface area contributed by atoms with Crippen LogP contribution in [-0.2, 0) is 0 Å². The molecule has 0 fully saturated rings. The zero-order valence-corrected chi connectivity index (χ0v) is 10.8. The number of nitrogens with zero attached hydrogens (tertiary/aromatic N) is 4. The molecule has 0 unspecified atom stereocenters.